The van der Waals surface area contributed by atoms with Gasteiger partial charge in [-0.3, -0.25) is 0 Å². The van der Waals surface area contributed by atoms with Gasteiger partial charge in [0, 0.05) is 0 Å². The molecule has 0 fully saturated rings. The first-order chi connectivity index (χ1) is 2.27. The maximum Gasteiger partial charge on any atom is 0.115 e. The van der Waals surface area contributed by atoms with E-state index >= 15 is 0 Å². The number of rotatable bonds is 0. The fourth-order valence-electron chi connectivity index (χ4n) is 0. The second kappa shape index (κ2) is 2.60. The minimum Gasteiger partial charge on any atom is -0.213 e. The SMILES string of the molecule is [2H]/C(F)=C\F. The highest BCUT2D eigenvalue weighted by Crippen LogP contribution is 1.67. The van der Waals surface area contributed by atoms with Gasteiger partial charge in [-0.05, 0) is 0 Å². The third-order valence-electron chi connectivity index (χ3n) is 0.0412. The summed E-state index contributed by atoms with van der Waals surface area (Å²) in [4.78, 5) is 0. The van der Waals surface area contributed by atoms with Crippen LogP contribution in [0, 0.1) is 0 Å². The van der Waals surface area contributed by atoms with Gasteiger partial charge in [0.1, 0.15) is 12.6 Å². The summed E-state index contributed by atoms with van der Waals surface area (Å²) in [6.45, 7) is 0. The average molecular weight is 65.0 g/mol. The van der Waals surface area contributed by atoms with Gasteiger partial charge in [-0.1, -0.05) is 0 Å². The summed E-state index contributed by atoms with van der Waals surface area (Å²) in [6.07, 6.45) is -1.95. The van der Waals surface area contributed by atoms with E-state index in [1.807, 2.05) is 0 Å². The highest BCUT2D eigenvalue weighted by Gasteiger charge is 1.43. The Morgan fingerprint density at radius 2 is 2.00 bits per heavy atom. The van der Waals surface area contributed by atoms with E-state index in [0.717, 1.165) is 0 Å². The Hall–Kier alpha value is -0.400. The molecule has 0 nitrogen and oxygen atoms in total. The summed E-state index contributed by atoms with van der Waals surface area (Å²) in [5, 5.41) is 0. The predicted octanol–water partition coefficient (Wildman–Crippen LogP) is 1.40. The van der Waals surface area contributed by atoms with E-state index in [4.69, 9.17) is 1.37 Å². The molecule has 0 aromatic carbocycles. The summed E-state index contributed by atoms with van der Waals surface area (Å²) in [5.74, 6) is 0. The van der Waals surface area contributed by atoms with Crippen LogP contribution in [0.1, 0.15) is 1.37 Å². The molecule has 0 atom stereocenters. The van der Waals surface area contributed by atoms with Crippen molar-refractivity contribution in [1.82, 2.24) is 0 Å². The first-order valence-corrected chi connectivity index (χ1v) is 0.696. The van der Waals surface area contributed by atoms with Crippen LogP contribution < -0.4 is 0 Å². The van der Waals surface area contributed by atoms with E-state index in [-0.39, 0.29) is 0 Å². The Labute approximate surface area is 24.2 Å². The first kappa shape index (κ1) is 1.88. The molecule has 0 N–H and O–H groups in total. The second-order valence-electron chi connectivity index (χ2n) is 0.218. The number of hydrogen-bond donors (Lipinski definition) is 0. The van der Waals surface area contributed by atoms with Crippen LogP contribution in [0.4, 0.5) is 8.78 Å². The monoisotopic (exact) mass is 65.0 g/mol. The average Bonchev–Trinajstić information content (AvgIpc) is 1.38. The Bertz CT molecular complexity index is 45.6. The molecule has 0 aliphatic rings. The highest BCUT2D eigenvalue weighted by molar-refractivity contribution is 4.51. The van der Waals surface area contributed by atoms with Crippen molar-refractivity contribution in [1.29, 1.82) is 0 Å². The molecule has 0 saturated carbocycles. The zero-order valence-corrected chi connectivity index (χ0v) is 1.83. The molecule has 24 valence electrons. The molecule has 0 radical (unpaired) electrons. The van der Waals surface area contributed by atoms with Crippen LogP contribution >= 0.6 is 0 Å². The smallest absolute Gasteiger partial charge is 0.115 e. The van der Waals surface area contributed by atoms with Crippen LogP contribution in [-0.2, 0) is 0 Å². The Morgan fingerprint density at radius 3 is 2.00 bits per heavy atom. The van der Waals surface area contributed by atoms with Crippen molar-refractivity contribution < 1.29 is 10.2 Å². The lowest BCUT2D eigenvalue weighted by Gasteiger charge is -1.42. The van der Waals surface area contributed by atoms with Crippen molar-refractivity contribution in [2.45, 2.75) is 0 Å². The Morgan fingerprint density at radius 1 is 1.75 bits per heavy atom. The van der Waals surface area contributed by atoms with E-state index in [1.54, 1.807) is 0 Å². The molecule has 0 bridgehead atoms. The molecular weight excluding hydrogens is 62.0 g/mol. The molecule has 2 heteroatoms. The summed E-state index contributed by atoms with van der Waals surface area (Å²) in [6, 6.07) is 0. The van der Waals surface area contributed by atoms with E-state index < -0.39 is 12.6 Å². The molecule has 0 aliphatic heterocycles. The van der Waals surface area contributed by atoms with Gasteiger partial charge in [0.05, 0.1) is 1.37 Å². The van der Waals surface area contributed by atoms with E-state index in [9.17, 15) is 8.78 Å². The van der Waals surface area contributed by atoms with Crippen LogP contribution in [0.3, 0.4) is 0 Å². The lowest BCUT2D eigenvalue weighted by atomic mass is 11.2. The summed E-state index contributed by atoms with van der Waals surface area (Å²) in [7, 11) is 0. The minimum atomic E-state index is -1.54. The standard InChI is InChI=1S/C2H2F2/c3-1-2-4/h1-2H/b2-1+/i1D. The molecule has 0 saturated heterocycles. The van der Waals surface area contributed by atoms with E-state index in [2.05, 4.69) is 0 Å². The van der Waals surface area contributed by atoms with Gasteiger partial charge in [0.2, 0.25) is 0 Å². The molecule has 0 unspecified atom stereocenters. The van der Waals surface area contributed by atoms with Crippen molar-refractivity contribution in [2.24, 2.45) is 0 Å². The quantitative estimate of drug-likeness (QED) is 0.400. The van der Waals surface area contributed by atoms with Crippen LogP contribution in [-0.4, -0.2) is 0 Å². The molecule has 4 heavy (non-hydrogen) atoms. The molecule has 0 aromatic rings. The van der Waals surface area contributed by atoms with Gasteiger partial charge < -0.3 is 0 Å². The minimum absolute atomic E-state index is 0.417. The van der Waals surface area contributed by atoms with Gasteiger partial charge in [-0.25, -0.2) is 8.78 Å². The van der Waals surface area contributed by atoms with Crippen molar-refractivity contribution in [2.75, 3.05) is 0 Å². The largest absolute Gasteiger partial charge is 0.213 e. The molecule has 0 rings (SSSR count). The molecule has 0 aromatic heterocycles. The number of halogens is 2. The predicted molar refractivity (Wildman–Crippen MR) is 11.4 cm³/mol. The summed E-state index contributed by atoms with van der Waals surface area (Å²) >= 11 is 0. The molecular formula is C2H2F2. The summed E-state index contributed by atoms with van der Waals surface area (Å²) in [5.41, 5.74) is 0. The zero-order chi connectivity index (χ0) is 4.28. The van der Waals surface area contributed by atoms with Gasteiger partial charge >= 0.3 is 0 Å². The van der Waals surface area contributed by atoms with Gasteiger partial charge in [-0.2, -0.15) is 0 Å². The van der Waals surface area contributed by atoms with Crippen LogP contribution in [0.15, 0.2) is 12.6 Å². The maximum absolute atomic E-state index is 10.6. The third-order valence-corrected chi connectivity index (χ3v) is 0.0412. The maximum atomic E-state index is 10.6. The van der Waals surface area contributed by atoms with Crippen molar-refractivity contribution in [3.63, 3.8) is 0 Å². The topological polar surface area (TPSA) is 0 Å². The fraction of sp³-hybridized carbons (Fsp3) is 0. The van der Waals surface area contributed by atoms with E-state index in [0.29, 0.717) is 0 Å². The van der Waals surface area contributed by atoms with E-state index in [1.165, 1.54) is 0 Å². The number of hydrogen-bond acceptors (Lipinski definition) is 0. The van der Waals surface area contributed by atoms with Crippen molar-refractivity contribution in [3.05, 3.63) is 12.6 Å². The van der Waals surface area contributed by atoms with Crippen LogP contribution in [0.25, 0.3) is 0 Å². The first-order valence-electron chi connectivity index (χ1n) is 1.20. The van der Waals surface area contributed by atoms with Crippen LogP contribution in [0.5, 0.6) is 0 Å². The van der Waals surface area contributed by atoms with Gasteiger partial charge in [-0.15, -0.1) is 0 Å². The molecule has 0 spiro atoms. The molecule has 0 amide bonds. The molecule has 0 aliphatic carbocycles. The van der Waals surface area contributed by atoms with Crippen molar-refractivity contribution >= 4 is 0 Å². The summed E-state index contributed by atoms with van der Waals surface area (Å²) < 4.78 is 26.6. The lowest BCUT2D eigenvalue weighted by molar-refractivity contribution is 0.645. The fourth-order valence-corrected chi connectivity index (χ4v) is 0. The lowest BCUT2D eigenvalue weighted by Crippen LogP contribution is -1.18. The normalized spacial score (nSPS) is 15.5. The third kappa shape index (κ3) is 1.60. The van der Waals surface area contributed by atoms with Gasteiger partial charge in [0.15, 0.2) is 0 Å². The highest BCUT2D eigenvalue weighted by atomic mass is 19.2. The Balaban J connectivity index is 3.14. The Kier molecular flexibility index (Phi) is 1.22. The van der Waals surface area contributed by atoms with Crippen LogP contribution in [0.2, 0.25) is 0 Å². The van der Waals surface area contributed by atoms with Crippen molar-refractivity contribution in [3.8, 4) is 0 Å². The zero-order valence-electron chi connectivity index (χ0n) is 2.83. The molecule has 0 heterocycles. The van der Waals surface area contributed by atoms with Gasteiger partial charge in [0.25, 0.3) is 0 Å². The second-order valence-corrected chi connectivity index (χ2v) is 0.218.